The van der Waals surface area contributed by atoms with E-state index in [0.717, 1.165) is 11.0 Å². The largest absolute Gasteiger partial charge is 0.480 e. The lowest BCUT2D eigenvalue weighted by Gasteiger charge is -2.28. The fraction of sp³-hybridized carbons (Fsp3) is 0.600. The predicted molar refractivity (Wildman–Crippen MR) is 57.4 cm³/mol. The first-order chi connectivity index (χ1) is 8.75. The number of aliphatic carboxylic acids is 1. The molecule has 0 aromatic rings. The highest BCUT2D eigenvalue weighted by Gasteiger charge is 2.35. The second-order valence-corrected chi connectivity index (χ2v) is 3.95. The van der Waals surface area contributed by atoms with Crippen molar-refractivity contribution in [2.24, 2.45) is 0 Å². The number of carbonyl (C=O) groups is 2. The van der Waals surface area contributed by atoms with Gasteiger partial charge in [-0.1, -0.05) is 6.08 Å². The molecule has 1 atom stereocenters. The van der Waals surface area contributed by atoms with Gasteiger partial charge in [-0.05, 0) is 6.42 Å². The van der Waals surface area contributed by atoms with Crippen molar-refractivity contribution in [3.63, 3.8) is 0 Å². The molecular formula is C10H13F3N2O4. The number of urea groups is 1. The van der Waals surface area contributed by atoms with Crippen LogP contribution in [0.2, 0.25) is 0 Å². The van der Waals surface area contributed by atoms with E-state index < -0.39 is 36.4 Å². The number of nitrogens with zero attached hydrogens (tertiary/aromatic N) is 1. The first-order valence-electron chi connectivity index (χ1n) is 5.41. The number of carboxylic acids is 1. The Labute approximate surface area is 106 Å². The Bertz CT molecular complexity index is 395. The van der Waals surface area contributed by atoms with Gasteiger partial charge in [0.2, 0.25) is 0 Å². The van der Waals surface area contributed by atoms with Gasteiger partial charge in [0.15, 0.2) is 6.04 Å². The molecule has 9 heteroatoms. The highest BCUT2D eigenvalue weighted by molar-refractivity contribution is 5.82. The van der Waals surface area contributed by atoms with Gasteiger partial charge in [0.05, 0.1) is 6.61 Å². The maximum absolute atomic E-state index is 12.3. The van der Waals surface area contributed by atoms with Crippen LogP contribution < -0.4 is 5.32 Å². The standard InChI is InChI=1S/C10H13F3N2O4/c11-10(12,13)6-1-3-15(4-2-6)9(19)14-7(5-16)8(17)18/h1,7,16H,2-5H2,(H,14,19)(H,17,18). The molecule has 0 aromatic heterocycles. The third-order valence-electron chi connectivity index (χ3n) is 2.64. The summed E-state index contributed by atoms with van der Waals surface area (Å²) in [4.78, 5) is 23.2. The number of amides is 2. The van der Waals surface area contributed by atoms with E-state index in [9.17, 15) is 22.8 Å². The van der Waals surface area contributed by atoms with E-state index in [-0.39, 0.29) is 19.5 Å². The minimum absolute atomic E-state index is 0.158. The molecule has 2 amide bonds. The van der Waals surface area contributed by atoms with Gasteiger partial charge in [0.1, 0.15) is 0 Å². The predicted octanol–water partition coefficient (Wildman–Crippen LogP) is 0.336. The zero-order chi connectivity index (χ0) is 14.6. The van der Waals surface area contributed by atoms with E-state index in [4.69, 9.17) is 10.2 Å². The average molecular weight is 282 g/mol. The molecule has 0 aliphatic carbocycles. The average Bonchev–Trinajstić information content (AvgIpc) is 2.34. The van der Waals surface area contributed by atoms with E-state index in [2.05, 4.69) is 0 Å². The number of rotatable bonds is 3. The molecular weight excluding hydrogens is 269 g/mol. The Morgan fingerprint density at radius 3 is 2.47 bits per heavy atom. The molecule has 0 aromatic carbocycles. The van der Waals surface area contributed by atoms with Gasteiger partial charge >= 0.3 is 18.2 Å². The number of halogens is 3. The highest BCUT2D eigenvalue weighted by atomic mass is 19.4. The van der Waals surface area contributed by atoms with Crippen molar-refractivity contribution < 1.29 is 33.0 Å². The van der Waals surface area contributed by atoms with Crippen molar-refractivity contribution in [2.75, 3.05) is 19.7 Å². The zero-order valence-corrected chi connectivity index (χ0v) is 9.78. The fourth-order valence-electron chi connectivity index (χ4n) is 1.54. The van der Waals surface area contributed by atoms with Crippen LogP contribution in [0.25, 0.3) is 0 Å². The van der Waals surface area contributed by atoms with Gasteiger partial charge < -0.3 is 20.4 Å². The summed E-state index contributed by atoms with van der Waals surface area (Å²) >= 11 is 0. The third-order valence-corrected chi connectivity index (χ3v) is 2.64. The second kappa shape index (κ2) is 5.91. The first-order valence-corrected chi connectivity index (χ1v) is 5.41. The van der Waals surface area contributed by atoms with Crippen molar-refractivity contribution in [3.8, 4) is 0 Å². The summed E-state index contributed by atoms with van der Waals surface area (Å²) in [5.74, 6) is -1.42. The molecule has 0 bridgehead atoms. The minimum Gasteiger partial charge on any atom is -0.480 e. The normalized spacial score (nSPS) is 17.7. The molecule has 1 aliphatic rings. The summed E-state index contributed by atoms with van der Waals surface area (Å²) in [5.41, 5.74) is -0.700. The summed E-state index contributed by atoms with van der Waals surface area (Å²) in [6, 6.07) is -2.29. The quantitative estimate of drug-likeness (QED) is 0.651. The zero-order valence-electron chi connectivity index (χ0n) is 9.78. The monoisotopic (exact) mass is 282 g/mol. The van der Waals surface area contributed by atoms with Crippen LogP contribution in [-0.2, 0) is 4.79 Å². The molecule has 1 aliphatic heterocycles. The molecule has 1 rings (SSSR count). The maximum Gasteiger partial charge on any atom is 0.412 e. The Morgan fingerprint density at radius 1 is 1.47 bits per heavy atom. The molecule has 0 saturated heterocycles. The van der Waals surface area contributed by atoms with Crippen molar-refractivity contribution in [2.45, 2.75) is 18.6 Å². The smallest absolute Gasteiger partial charge is 0.412 e. The topological polar surface area (TPSA) is 89.9 Å². The lowest BCUT2D eigenvalue weighted by atomic mass is 10.1. The van der Waals surface area contributed by atoms with Crippen LogP contribution >= 0.6 is 0 Å². The molecule has 19 heavy (non-hydrogen) atoms. The van der Waals surface area contributed by atoms with Crippen LogP contribution in [0, 0.1) is 0 Å². The van der Waals surface area contributed by atoms with Crippen LogP contribution in [0.3, 0.4) is 0 Å². The first kappa shape index (κ1) is 15.3. The number of hydrogen-bond donors (Lipinski definition) is 3. The van der Waals surface area contributed by atoms with Gasteiger partial charge in [-0.3, -0.25) is 0 Å². The van der Waals surface area contributed by atoms with Crippen molar-refractivity contribution in [1.82, 2.24) is 10.2 Å². The van der Waals surface area contributed by atoms with E-state index >= 15 is 0 Å². The molecule has 108 valence electrons. The molecule has 0 fully saturated rings. The number of hydrogen-bond acceptors (Lipinski definition) is 3. The molecule has 3 N–H and O–H groups in total. The summed E-state index contributed by atoms with van der Waals surface area (Å²) < 4.78 is 37.0. The van der Waals surface area contributed by atoms with Crippen molar-refractivity contribution in [3.05, 3.63) is 11.6 Å². The molecule has 0 radical (unpaired) electrons. The van der Waals surface area contributed by atoms with E-state index in [0.29, 0.717) is 0 Å². The lowest BCUT2D eigenvalue weighted by Crippen LogP contribution is -2.50. The Morgan fingerprint density at radius 2 is 2.11 bits per heavy atom. The minimum atomic E-state index is -4.41. The summed E-state index contributed by atoms with van der Waals surface area (Å²) in [7, 11) is 0. The van der Waals surface area contributed by atoms with Crippen LogP contribution in [0.1, 0.15) is 6.42 Å². The second-order valence-electron chi connectivity index (χ2n) is 3.95. The molecule has 1 heterocycles. The number of carboxylic acid groups (broad SMARTS) is 1. The van der Waals surface area contributed by atoms with Gasteiger partial charge in [-0.15, -0.1) is 0 Å². The van der Waals surface area contributed by atoms with Crippen LogP contribution in [0.15, 0.2) is 11.6 Å². The SMILES string of the molecule is O=C(O)C(CO)NC(=O)N1CC=C(C(F)(F)F)CC1. The molecule has 1 unspecified atom stereocenters. The Hall–Kier alpha value is -1.77. The Balaban J connectivity index is 2.58. The lowest BCUT2D eigenvalue weighted by molar-refractivity contribution is -0.140. The van der Waals surface area contributed by atoms with E-state index in [1.807, 2.05) is 5.32 Å². The van der Waals surface area contributed by atoms with Crippen molar-refractivity contribution >= 4 is 12.0 Å². The van der Waals surface area contributed by atoms with Crippen LogP contribution in [-0.4, -0.2) is 59.0 Å². The summed E-state index contributed by atoms with van der Waals surface area (Å²) in [6.45, 7) is -1.20. The van der Waals surface area contributed by atoms with Crippen LogP contribution in [0.5, 0.6) is 0 Å². The van der Waals surface area contributed by atoms with Crippen molar-refractivity contribution in [1.29, 1.82) is 0 Å². The number of carbonyl (C=O) groups excluding carboxylic acids is 1. The van der Waals surface area contributed by atoms with Gasteiger partial charge in [0, 0.05) is 18.7 Å². The van der Waals surface area contributed by atoms with E-state index in [1.165, 1.54) is 0 Å². The number of nitrogens with one attached hydrogen (secondary N) is 1. The van der Waals surface area contributed by atoms with Gasteiger partial charge in [-0.25, -0.2) is 9.59 Å². The third kappa shape index (κ3) is 4.12. The van der Waals surface area contributed by atoms with Crippen LogP contribution in [0.4, 0.5) is 18.0 Å². The maximum atomic E-state index is 12.3. The van der Waals surface area contributed by atoms with E-state index in [1.54, 1.807) is 0 Å². The van der Waals surface area contributed by atoms with Gasteiger partial charge in [0.25, 0.3) is 0 Å². The molecule has 0 spiro atoms. The number of aliphatic hydroxyl groups is 1. The number of aliphatic hydroxyl groups excluding tert-OH is 1. The summed E-state index contributed by atoms with van der Waals surface area (Å²) in [5, 5.41) is 19.3. The number of alkyl halides is 3. The molecule has 0 saturated carbocycles. The van der Waals surface area contributed by atoms with Gasteiger partial charge in [-0.2, -0.15) is 13.2 Å². The fourth-order valence-corrected chi connectivity index (χ4v) is 1.54. The highest BCUT2D eigenvalue weighted by Crippen LogP contribution is 2.30. The molecule has 6 nitrogen and oxygen atoms in total. The summed E-state index contributed by atoms with van der Waals surface area (Å²) in [6.07, 6.45) is -3.86. The Kier molecular flexibility index (Phi) is 4.76.